The van der Waals surface area contributed by atoms with Crippen molar-refractivity contribution in [3.63, 3.8) is 0 Å². The fourth-order valence-corrected chi connectivity index (χ4v) is 2.46. The minimum absolute atomic E-state index is 0.571. The summed E-state index contributed by atoms with van der Waals surface area (Å²) < 4.78 is 7.02. The van der Waals surface area contributed by atoms with Crippen LogP contribution < -0.4 is 4.74 Å². The molecule has 3 heteroatoms. The highest BCUT2D eigenvalue weighted by molar-refractivity contribution is 9.10. The number of benzene rings is 2. The van der Waals surface area contributed by atoms with E-state index in [-0.39, 0.29) is 0 Å². The van der Waals surface area contributed by atoms with E-state index in [2.05, 4.69) is 34.8 Å². The molecule has 116 valence electrons. The molecule has 1 unspecified atom stereocenters. The number of nitrogens with zero attached hydrogens (tertiary/aromatic N) is 1. The molecular weight excluding hydrogens is 338 g/mol. The molecule has 0 fully saturated rings. The minimum Gasteiger partial charge on any atom is -0.493 e. The number of rotatable bonds is 7. The van der Waals surface area contributed by atoms with Gasteiger partial charge >= 0.3 is 0 Å². The molecule has 0 N–H and O–H groups in total. The number of halogens is 1. The van der Waals surface area contributed by atoms with Crippen molar-refractivity contribution in [2.75, 3.05) is 6.61 Å². The monoisotopic (exact) mass is 359 g/mol. The van der Waals surface area contributed by atoms with Gasteiger partial charge in [-0.05, 0) is 48.7 Å². The molecular formula is C19H22BrNO. The van der Waals surface area contributed by atoms with E-state index in [1.807, 2.05) is 54.7 Å². The van der Waals surface area contributed by atoms with Crippen LogP contribution in [0.5, 0.6) is 5.75 Å². The second-order valence-corrected chi connectivity index (χ2v) is 6.39. The van der Waals surface area contributed by atoms with Gasteiger partial charge in [-0.1, -0.05) is 48.3 Å². The van der Waals surface area contributed by atoms with E-state index >= 15 is 0 Å². The maximum atomic E-state index is 5.96. The molecule has 0 saturated carbocycles. The maximum absolute atomic E-state index is 5.96. The molecule has 0 amide bonds. The zero-order valence-corrected chi connectivity index (χ0v) is 14.7. The summed E-state index contributed by atoms with van der Waals surface area (Å²) in [5.41, 5.74) is 1.94. The van der Waals surface area contributed by atoms with Gasteiger partial charge in [0.05, 0.1) is 12.3 Å². The zero-order valence-electron chi connectivity index (χ0n) is 13.1. The van der Waals surface area contributed by atoms with Crippen LogP contribution in [-0.2, 0) is 0 Å². The Balaban J connectivity index is 2.06. The summed E-state index contributed by atoms with van der Waals surface area (Å²) in [6.45, 7) is 5.17. The van der Waals surface area contributed by atoms with Gasteiger partial charge < -0.3 is 4.74 Å². The SMILES string of the molecule is CCCC(C)COc1ccccc1C=Nc1ccc(Br)cc1. The molecule has 0 aromatic heterocycles. The lowest BCUT2D eigenvalue weighted by atomic mass is 10.1. The van der Waals surface area contributed by atoms with Crippen molar-refractivity contribution in [3.8, 4) is 5.75 Å². The molecule has 2 nitrogen and oxygen atoms in total. The number of hydrogen-bond donors (Lipinski definition) is 0. The molecule has 0 radical (unpaired) electrons. The summed E-state index contributed by atoms with van der Waals surface area (Å²) >= 11 is 3.43. The first-order valence-electron chi connectivity index (χ1n) is 7.70. The quantitative estimate of drug-likeness (QED) is 0.554. The fourth-order valence-electron chi connectivity index (χ4n) is 2.20. The van der Waals surface area contributed by atoms with Crippen LogP contribution in [0.15, 0.2) is 58.0 Å². The minimum atomic E-state index is 0.571. The number of hydrogen-bond acceptors (Lipinski definition) is 2. The van der Waals surface area contributed by atoms with E-state index in [4.69, 9.17) is 4.74 Å². The van der Waals surface area contributed by atoms with E-state index in [1.54, 1.807) is 0 Å². The fraction of sp³-hybridized carbons (Fsp3) is 0.316. The number of ether oxygens (including phenoxy) is 1. The van der Waals surface area contributed by atoms with Gasteiger partial charge in [0.15, 0.2) is 0 Å². The summed E-state index contributed by atoms with van der Waals surface area (Å²) in [6, 6.07) is 16.0. The number of para-hydroxylation sites is 1. The zero-order chi connectivity index (χ0) is 15.8. The Hall–Kier alpha value is -1.61. The molecule has 1 atom stereocenters. The van der Waals surface area contributed by atoms with Gasteiger partial charge in [0.25, 0.3) is 0 Å². The van der Waals surface area contributed by atoms with Crippen molar-refractivity contribution < 1.29 is 4.74 Å². The Morgan fingerprint density at radius 2 is 1.86 bits per heavy atom. The molecule has 0 aliphatic heterocycles. The number of aliphatic imine (C=N–C) groups is 1. The first-order valence-corrected chi connectivity index (χ1v) is 8.49. The molecule has 2 aromatic carbocycles. The molecule has 22 heavy (non-hydrogen) atoms. The third-order valence-corrected chi connectivity index (χ3v) is 3.93. The molecule has 0 saturated heterocycles. The van der Waals surface area contributed by atoms with Crippen LogP contribution in [0.25, 0.3) is 0 Å². The standard InChI is InChI=1S/C19H22BrNO/c1-3-6-15(2)14-22-19-8-5-4-7-16(19)13-21-18-11-9-17(20)10-12-18/h4-5,7-13,15H,3,6,14H2,1-2H3. The van der Waals surface area contributed by atoms with Crippen LogP contribution in [0.1, 0.15) is 32.3 Å². The Morgan fingerprint density at radius 3 is 2.59 bits per heavy atom. The maximum Gasteiger partial charge on any atom is 0.128 e. The van der Waals surface area contributed by atoms with Gasteiger partial charge in [0.1, 0.15) is 5.75 Å². The van der Waals surface area contributed by atoms with E-state index in [0.717, 1.165) is 28.1 Å². The Bertz CT molecular complexity index is 607. The second kappa shape index (κ2) is 8.74. The molecule has 0 aliphatic carbocycles. The first kappa shape index (κ1) is 16.8. The normalized spacial score (nSPS) is 12.5. The first-order chi connectivity index (χ1) is 10.7. The highest BCUT2D eigenvalue weighted by atomic mass is 79.9. The lowest BCUT2D eigenvalue weighted by Gasteiger charge is -2.13. The molecule has 2 aromatic rings. The highest BCUT2D eigenvalue weighted by Gasteiger charge is 2.05. The Kier molecular flexibility index (Phi) is 6.66. The largest absolute Gasteiger partial charge is 0.493 e. The summed E-state index contributed by atoms with van der Waals surface area (Å²) in [5.74, 6) is 1.47. The van der Waals surface area contributed by atoms with Crippen LogP contribution in [0.3, 0.4) is 0 Å². The third-order valence-electron chi connectivity index (χ3n) is 3.40. The van der Waals surface area contributed by atoms with Crippen molar-refractivity contribution >= 4 is 27.8 Å². The molecule has 2 rings (SSSR count). The predicted octanol–water partition coefficient (Wildman–Crippen LogP) is 6.01. The molecule has 0 aliphatic rings. The Labute approximate surface area is 141 Å². The second-order valence-electron chi connectivity index (χ2n) is 5.48. The van der Waals surface area contributed by atoms with Crippen molar-refractivity contribution in [2.45, 2.75) is 26.7 Å². The van der Waals surface area contributed by atoms with Crippen LogP contribution in [0.4, 0.5) is 5.69 Å². The Morgan fingerprint density at radius 1 is 1.14 bits per heavy atom. The average Bonchev–Trinajstić information content (AvgIpc) is 2.53. The predicted molar refractivity (Wildman–Crippen MR) is 97.4 cm³/mol. The van der Waals surface area contributed by atoms with Crippen molar-refractivity contribution in [2.24, 2.45) is 10.9 Å². The summed E-state index contributed by atoms with van der Waals surface area (Å²) in [7, 11) is 0. The van der Waals surface area contributed by atoms with Crippen molar-refractivity contribution in [3.05, 3.63) is 58.6 Å². The van der Waals surface area contributed by atoms with Crippen LogP contribution >= 0.6 is 15.9 Å². The molecule has 0 heterocycles. The summed E-state index contributed by atoms with van der Waals surface area (Å²) in [5, 5.41) is 0. The van der Waals surface area contributed by atoms with Gasteiger partial charge in [0.2, 0.25) is 0 Å². The van der Waals surface area contributed by atoms with E-state index in [0.29, 0.717) is 5.92 Å². The van der Waals surface area contributed by atoms with Gasteiger partial charge in [-0.3, -0.25) is 4.99 Å². The van der Waals surface area contributed by atoms with Crippen LogP contribution in [0.2, 0.25) is 0 Å². The lowest BCUT2D eigenvalue weighted by molar-refractivity contribution is 0.251. The van der Waals surface area contributed by atoms with Gasteiger partial charge in [-0.15, -0.1) is 0 Å². The smallest absolute Gasteiger partial charge is 0.128 e. The van der Waals surface area contributed by atoms with E-state index in [9.17, 15) is 0 Å². The van der Waals surface area contributed by atoms with Gasteiger partial charge in [-0.25, -0.2) is 0 Å². The average molecular weight is 360 g/mol. The van der Waals surface area contributed by atoms with Crippen molar-refractivity contribution in [1.82, 2.24) is 0 Å². The van der Waals surface area contributed by atoms with Crippen LogP contribution in [0, 0.1) is 5.92 Å². The topological polar surface area (TPSA) is 21.6 Å². The van der Waals surface area contributed by atoms with Gasteiger partial charge in [0, 0.05) is 16.3 Å². The van der Waals surface area contributed by atoms with Crippen LogP contribution in [-0.4, -0.2) is 12.8 Å². The molecule has 0 spiro atoms. The van der Waals surface area contributed by atoms with E-state index < -0.39 is 0 Å². The highest BCUT2D eigenvalue weighted by Crippen LogP contribution is 2.20. The van der Waals surface area contributed by atoms with Gasteiger partial charge in [-0.2, -0.15) is 0 Å². The summed E-state index contributed by atoms with van der Waals surface area (Å²) in [6.07, 6.45) is 4.25. The van der Waals surface area contributed by atoms with E-state index in [1.165, 1.54) is 12.8 Å². The molecule has 0 bridgehead atoms. The van der Waals surface area contributed by atoms with Crippen molar-refractivity contribution in [1.29, 1.82) is 0 Å². The summed E-state index contributed by atoms with van der Waals surface area (Å²) in [4.78, 5) is 4.52. The lowest BCUT2D eigenvalue weighted by Crippen LogP contribution is -2.09. The third kappa shape index (κ3) is 5.30.